The predicted octanol–water partition coefficient (Wildman–Crippen LogP) is 2.08. The second kappa shape index (κ2) is 4.36. The van der Waals surface area contributed by atoms with Gasteiger partial charge < -0.3 is 15.9 Å². The molecule has 0 amide bonds. The molecule has 1 aromatic rings. The van der Waals surface area contributed by atoms with Gasteiger partial charge in [0.1, 0.15) is 5.75 Å². The monoisotopic (exact) mass is 235 g/mol. The molecule has 2 atom stereocenters. The van der Waals surface area contributed by atoms with E-state index >= 15 is 0 Å². The first-order valence-electron chi connectivity index (χ1n) is 4.05. The third kappa shape index (κ3) is 2.30. The Hall–Kier alpha value is -0.480. The molecule has 0 bridgehead atoms. The maximum Gasteiger partial charge on any atom is 0.139 e. The first-order valence-corrected chi connectivity index (χ1v) is 4.80. The molecule has 14 heavy (non-hydrogen) atoms. The third-order valence-corrected chi connectivity index (χ3v) is 2.44. The van der Waals surface area contributed by atoms with Gasteiger partial charge in [-0.2, -0.15) is 0 Å². The summed E-state index contributed by atoms with van der Waals surface area (Å²) in [7, 11) is 0. The second-order valence-corrected chi connectivity index (χ2v) is 3.94. The van der Waals surface area contributed by atoms with Crippen molar-refractivity contribution < 1.29 is 10.2 Å². The standard InChI is InChI=1S/C9H11Cl2NO2/c1-4(13)8(12)6-2-5(10)3-7(11)9(6)14/h2-4,8,13-14H,12H2,1H3/t4-,8-/m0/s1. The van der Waals surface area contributed by atoms with Gasteiger partial charge in [0.05, 0.1) is 17.2 Å². The van der Waals surface area contributed by atoms with Crippen LogP contribution in [0.3, 0.4) is 0 Å². The van der Waals surface area contributed by atoms with E-state index in [0.29, 0.717) is 10.6 Å². The fraction of sp³-hybridized carbons (Fsp3) is 0.333. The molecule has 0 aliphatic heterocycles. The molecule has 78 valence electrons. The number of aliphatic hydroxyl groups excluding tert-OH is 1. The first kappa shape index (κ1) is 11.6. The Bertz CT molecular complexity index is 342. The summed E-state index contributed by atoms with van der Waals surface area (Å²) >= 11 is 11.4. The molecule has 0 fully saturated rings. The number of benzene rings is 1. The van der Waals surface area contributed by atoms with Crippen LogP contribution < -0.4 is 5.73 Å². The van der Waals surface area contributed by atoms with Gasteiger partial charge in [-0.3, -0.25) is 0 Å². The van der Waals surface area contributed by atoms with Gasteiger partial charge in [-0.05, 0) is 19.1 Å². The van der Waals surface area contributed by atoms with Gasteiger partial charge in [0.15, 0.2) is 0 Å². The summed E-state index contributed by atoms with van der Waals surface area (Å²) in [4.78, 5) is 0. The average Bonchev–Trinajstić information content (AvgIpc) is 2.09. The summed E-state index contributed by atoms with van der Waals surface area (Å²) in [6, 6.07) is 2.20. The largest absolute Gasteiger partial charge is 0.506 e. The minimum atomic E-state index is -0.782. The van der Waals surface area contributed by atoms with Crippen LogP contribution in [0.4, 0.5) is 0 Å². The van der Waals surface area contributed by atoms with Gasteiger partial charge in [0.25, 0.3) is 0 Å². The lowest BCUT2D eigenvalue weighted by Gasteiger charge is -2.17. The molecule has 0 spiro atoms. The van der Waals surface area contributed by atoms with E-state index in [1.54, 1.807) is 0 Å². The molecule has 0 saturated heterocycles. The van der Waals surface area contributed by atoms with Crippen molar-refractivity contribution in [2.75, 3.05) is 0 Å². The van der Waals surface area contributed by atoms with Crippen LogP contribution in [0.15, 0.2) is 12.1 Å². The molecule has 0 heterocycles. The van der Waals surface area contributed by atoms with E-state index in [0.717, 1.165) is 0 Å². The van der Waals surface area contributed by atoms with Crippen LogP contribution in [0.5, 0.6) is 5.75 Å². The zero-order valence-electron chi connectivity index (χ0n) is 7.54. The third-order valence-electron chi connectivity index (χ3n) is 1.94. The van der Waals surface area contributed by atoms with Gasteiger partial charge >= 0.3 is 0 Å². The molecule has 0 saturated carbocycles. The Kier molecular flexibility index (Phi) is 3.61. The molecular weight excluding hydrogens is 225 g/mol. The van der Waals surface area contributed by atoms with Crippen LogP contribution in [0, 0.1) is 0 Å². The molecule has 0 unspecified atom stereocenters. The molecule has 0 aliphatic carbocycles. The van der Waals surface area contributed by atoms with Crippen molar-refractivity contribution in [3.05, 3.63) is 27.7 Å². The SMILES string of the molecule is C[C@H](O)[C@H](N)c1cc(Cl)cc(Cl)c1O. The van der Waals surface area contributed by atoms with E-state index in [1.807, 2.05) is 0 Å². The number of aliphatic hydroxyl groups is 1. The second-order valence-electron chi connectivity index (χ2n) is 3.09. The number of hydrogen-bond donors (Lipinski definition) is 3. The Morgan fingerprint density at radius 2 is 1.93 bits per heavy atom. The summed E-state index contributed by atoms with van der Waals surface area (Å²) in [6.45, 7) is 1.53. The van der Waals surface area contributed by atoms with Crippen molar-refractivity contribution in [1.29, 1.82) is 0 Å². The van der Waals surface area contributed by atoms with Crippen LogP contribution in [0.25, 0.3) is 0 Å². The van der Waals surface area contributed by atoms with Gasteiger partial charge in [0.2, 0.25) is 0 Å². The zero-order chi connectivity index (χ0) is 10.9. The fourth-order valence-corrected chi connectivity index (χ4v) is 1.61. The predicted molar refractivity (Wildman–Crippen MR) is 56.7 cm³/mol. The highest BCUT2D eigenvalue weighted by atomic mass is 35.5. The van der Waals surface area contributed by atoms with Crippen LogP contribution >= 0.6 is 23.2 Å². The molecule has 5 heteroatoms. The lowest BCUT2D eigenvalue weighted by Crippen LogP contribution is -2.23. The Balaban J connectivity index is 3.20. The fourth-order valence-electron chi connectivity index (χ4n) is 1.10. The van der Waals surface area contributed by atoms with Gasteiger partial charge in [-0.15, -0.1) is 0 Å². The summed E-state index contributed by atoms with van der Waals surface area (Å²) < 4.78 is 0. The molecule has 1 aromatic carbocycles. The maximum absolute atomic E-state index is 9.56. The van der Waals surface area contributed by atoms with E-state index in [2.05, 4.69) is 0 Å². The molecule has 0 aliphatic rings. The molecule has 0 aromatic heterocycles. The lowest BCUT2D eigenvalue weighted by molar-refractivity contribution is 0.163. The topological polar surface area (TPSA) is 66.5 Å². The molecule has 0 radical (unpaired) electrons. The van der Waals surface area contributed by atoms with E-state index in [1.165, 1.54) is 19.1 Å². The van der Waals surface area contributed by atoms with Gasteiger partial charge in [-0.25, -0.2) is 0 Å². The lowest BCUT2D eigenvalue weighted by atomic mass is 10.0. The Morgan fingerprint density at radius 1 is 1.36 bits per heavy atom. The van der Waals surface area contributed by atoms with Crippen LogP contribution in [0.2, 0.25) is 10.0 Å². The maximum atomic E-state index is 9.56. The first-order chi connectivity index (χ1) is 6.43. The van der Waals surface area contributed by atoms with Crippen molar-refractivity contribution in [1.82, 2.24) is 0 Å². The summed E-state index contributed by atoms with van der Waals surface area (Å²) in [6.07, 6.45) is -0.782. The van der Waals surface area contributed by atoms with Crippen LogP contribution in [-0.4, -0.2) is 16.3 Å². The van der Waals surface area contributed by atoms with E-state index in [-0.39, 0.29) is 10.8 Å². The minimum Gasteiger partial charge on any atom is -0.506 e. The molecule has 1 rings (SSSR count). The van der Waals surface area contributed by atoms with E-state index in [4.69, 9.17) is 28.9 Å². The Labute approximate surface area is 92.1 Å². The molecule has 3 nitrogen and oxygen atoms in total. The quantitative estimate of drug-likeness (QED) is 0.736. The van der Waals surface area contributed by atoms with E-state index in [9.17, 15) is 10.2 Å². The summed E-state index contributed by atoms with van der Waals surface area (Å²) in [5.74, 6) is -0.135. The number of hydrogen-bond acceptors (Lipinski definition) is 3. The van der Waals surface area contributed by atoms with Crippen molar-refractivity contribution >= 4 is 23.2 Å². The number of nitrogens with two attached hydrogens (primary N) is 1. The number of halogens is 2. The summed E-state index contributed by atoms with van der Waals surface area (Å²) in [5.41, 5.74) is 5.99. The number of phenolic OH excluding ortho intramolecular Hbond substituents is 1. The number of rotatable bonds is 2. The highest BCUT2D eigenvalue weighted by molar-refractivity contribution is 6.35. The molecular formula is C9H11Cl2NO2. The summed E-state index contributed by atoms with van der Waals surface area (Å²) in [5, 5.41) is 19.3. The minimum absolute atomic E-state index is 0.128. The van der Waals surface area contributed by atoms with Crippen LogP contribution in [-0.2, 0) is 0 Å². The Morgan fingerprint density at radius 3 is 2.43 bits per heavy atom. The van der Waals surface area contributed by atoms with E-state index < -0.39 is 12.1 Å². The van der Waals surface area contributed by atoms with Gasteiger partial charge in [0, 0.05) is 10.6 Å². The number of phenols is 1. The average molecular weight is 236 g/mol. The van der Waals surface area contributed by atoms with Crippen LogP contribution in [0.1, 0.15) is 18.5 Å². The van der Waals surface area contributed by atoms with Crippen molar-refractivity contribution in [3.8, 4) is 5.75 Å². The normalized spacial score (nSPS) is 15.2. The van der Waals surface area contributed by atoms with Crippen molar-refractivity contribution in [2.45, 2.75) is 19.1 Å². The number of aromatic hydroxyl groups is 1. The zero-order valence-corrected chi connectivity index (χ0v) is 9.05. The smallest absolute Gasteiger partial charge is 0.139 e. The molecule has 4 N–H and O–H groups in total. The van der Waals surface area contributed by atoms with Crippen molar-refractivity contribution in [3.63, 3.8) is 0 Å². The van der Waals surface area contributed by atoms with Crippen molar-refractivity contribution in [2.24, 2.45) is 5.73 Å². The highest BCUT2D eigenvalue weighted by Gasteiger charge is 2.18. The van der Waals surface area contributed by atoms with Gasteiger partial charge in [-0.1, -0.05) is 23.2 Å². The highest BCUT2D eigenvalue weighted by Crippen LogP contribution is 2.34.